The van der Waals surface area contributed by atoms with Crippen molar-refractivity contribution < 1.29 is 13.9 Å². The largest absolute Gasteiger partial charge is 0.382 e. The van der Waals surface area contributed by atoms with Gasteiger partial charge in [0.1, 0.15) is 11.9 Å². The fourth-order valence-electron chi connectivity index (χ4n) is 3.34. The Kier molecular flexibility index (Phi) is 4.77. The average molecular weight is 368 g/mol. The molecule has 138 valence electrons. The zero-order valence-electron chi connectivity index (χ0n) is 14.4. The number of benzene rings is 1. The molecule has 0 fully saturated rings. The van der Waals surface area contributed by atoms with Gasteiger partial charge in [-0.25, -0.2) is 13.8 Å². The number of hydrogen-bond acceptors (Lipinski definition) is 5. The standard InChI is InChI=1S/C20H18F2N4O/c21-20(22)19(27)14-7-13(8-23-9-14)17-10-25-18(11-24-17)26-16-6-5-12-3-1-2-4-15(12)16/h1-4,7-11,16,19-20,27H,5-6H2,(H,25,26)/t16-,19?/m1/s1. The van der Waals surface area contributed by atoms with Gasteiger partial charge in [0.2, 0.25) is 0 Å². The van der Waals surface area contributed by atoms with Crippen molar-refractivity contribution in [3.05, 3.63) is 71.8 Å². The van der Waals surface area contributed by atoms with Gasteiger partial charge in [0, 0.05) is 23.5 Å². The molecule has 2 atom stereocenters. The Hall–Kier alpha value is -2.93. The maximum Gasteiger partial charge on any atom is 0.268 e. The van der Waals surface area contributed by atoms with Crippen LogP contribution in [0.25, 0.3) is 11.3 Å². The molecule has 2 N–H and O–H groups in total. The lowest BCUT2D eigenvalue weighted by Crippen LogP contribution is -2.09. The highest BCUT2D eigenvalue weighted by molar-refractivity contribution is 5.59. The van der Waals surface area contributed by atoms with Crippen LogP contribution in [0.2, 0.25) is 0 Å². The van der Waals surface area contributed by atoms with Crippen LogP contribution in [0, 0.1) is 0 Å². The number of aromatic nitrogens is 3. The summed E-state index contributed by atoms with van der Waals surface area (Å²) in [6.07, 6.45) is 3.21. The molecule has 1 aromatic carbocycles. The minimum absolute atomic E-state index is 0.0501. The molecule has 2 aromatic heterocycles. The van der Waals surface area contributed by atoms with Crippen LogP contribution in [0.1, 0.15) is 35.3 Å². The number of aryl methyl sites for hydroxylation is 1. The number of anilines is 1. The number of halogens is 2. The van der Waals surface area contributed by atoms with E-state index in [1.54, 1.807) is 12.4 Å². The highest BCUT2D eigenvalue weighted by Gasteiger charge is 2.22. The van der Waals surface area contributed by atoms with Crippen molar-refractivity contribution in [1.82, 2.24) is 15.0 Å². The predicted octanol–water partition coefficient (Wildman–Crippen LogP) is 3.94. The van der Waals surface area contributed by atoms with Crippen molar-refractivity contribution in [3.63, 3.8) is 0 Å². The zero-order chi connectivity index (χ0) is 18.8. The Bertz CT molecular complexity index is 933. The van der Waals surface area contributed by atoms with E-state index in [9.17, 15) is 13.9 Å². The van der Waals surface area contributed by atoms with Crippen LogP contribution in [-0.4, -0.2) is 26.5 Å². The van der Waals surface area contributed by atoms with Gasteiger partial charge in [0.05, 0.1) is 24.1 Å². The van der Waals surface area contributed by atoms with Gasteiger partial charge in [-0.2, -0.15) is 0 Å². The fourth-order valence-corrected chi connectivity index (χ4v) is 3.34. The highest BCUT2D eigenvalue weighted by Crippen LogP contribution is 2.33. The molecule has 0 aliphatic heterocycles. The molecule has 5 nitrogen and oxygen atoms in total. The first kappa shape index (κ1) is 17.5. The molecule has 1 aliphatic carbocycles. The average Bonchev–Trinajstić information content (AvgIpc) is 3.11. The molecule has 3 aromatic rings. The molecule has 4 rings (SSSR count). The van der Waals surface area contributed by atoms with Crippen molar-refractivity contribution in [3.8, 4) is 11.3 Å². The third kappa shape index (κ3) is 3.64. The van der Waals surface area contributed by atoms with Crippen LogP contribution in [0.15, 0.2) is 55.1 Å². The summed E-state index contributed by atoms with van der Waals surface area (Å²) < 4.78 is 25.4. The van der Waals surface area contributed by atoms with Crippen LogP contribution in [0.5, 0.6) is 0 Å². The van der Waals surface area contributed by atoms with E-state index in [0.717, 1.165) is 12.8 Å². The van der Waals surface area contributed by atoms with Gasteiger partial charge in [-0.05, 0) is 30.0 Å². The SMILES string of the molecule is OC(c1cncc(-c2cnc(N[C@@H]3CCc4ccccc43)cn2)c1)C(F)F. The summed E-state index contributed by atoms with van der Waals surface area (Å²) in [5.74, 6) is 0.650. The number of hydrogen-bond donors (Lipinski definition) is 2. The van der Waals surface area contributed by atoms with Gasteiger partial charge < -0.3 is 10.4 Å². The van der Waals surface area contributed by atoms with E-state index in [-0.39, 0.29) is 11.6 Å². The van der Waals surface area contributed by atoms with Crippen LogP contribution in [-0.2, 0) is 6.42 Å². The van der Waals surface area contributed by atoms with E-state index in [2.05, 4.69) is 32.4 Å². The monoisotopic (exact) mass is 368 g/mol. The van der Waals surface area contributed by atoms with E-state index in [1.807, 2.05) is 12.1 Å². The minimum atomic E-state index is -2.87. The second-order valence-electron chi connectivity index (χ2n) is 6.51. The van der Waals surface area contributed by atoms with Gasteiger partial charge >= 0.3 is 0 Å². The topological polar surface area (TPSA) is 70.9 Å². The van der Waals surface area contributed by atoms with E-state index < -0.39 is 12.5 Å². The van der Waals surface area contributed by atoms with Gasteiger partial charge in [0.25, 0.3) is 6.43 Å². The molecule has 0 amide bonds. The molecular weight excluding hydrogens is 350 g/mol. The molecule has 0 spiro atoms. The van der Waals surface area contributed by atoms with Gasteiger partial charge in [0.15, 0.2) is 0 Å². The van der Waals surface area contributed by atoms with Crippen molar-refractivity contribution >= 4 is 5.82 Å². The molecular formula is C20H18F2N4O. The fraction of sp³-hybridized carbons (Fsp3) is 0.250. The molecule has 1 aliphatic rings. The molecule has 0 saturated carbocycles. The normalized spacial score (nSPS) is 17.0. The van der Waals surface area contributed by atoms with Gasteiger partial charge in [-0.1, -0.05) is 24.3 Å². The van der Waals surface area contributed by atoms with Crippen LogP contribution in [0.4, 0.5) is 14.6 Å². The van der Waals surface area contributed by atoms with Crippen LogP contribution in [0.3, 0.4) is 0 Å². The Balaban J connectivity index is 1.51. The number of fused-ring (bicyclic) bond motifs is 1. The molecule has 0 bridgehead atoms. The summed E-state index contributed by atoms with van der Waals surface area (Å²) in [6, 6.07) is 9.98. The van der Waals surface area contributed by atoms with Crippen molar-refractivity contribution in [2.45, 2.75) is 31.4 Å². The first-order valence-corrected chi connectivity index (χ1v) is 8.70. The molecule has 27 heavy (non-hydrogen) atoms. The van der Waals surface area contributed by atoms with Gasteiger partial charge in [-0.3, -0.25) is 9.97 Å². The summed E-state index contributed by atoms with van der Waals surface area (Å²) in [4.78, 5) is 12.7. The highest BCUT2D eigenvalue weighted by atomic mass is 19.3. The number of nitrogens with zero attached hydrogens (tertiary/aromatic N) is 3. The van der Waals surface area contributed by atoms with Crippen LogP contribution >= 0.6 is 0 Å². The Morgan fingerprint density at radius 3 is 2.70 bits per heavy atom. The number of aliphatic hydroxyl groups is 1. The molecule has 0 radical (unpaired) electrons. The first-order chi connectivity index (χ1) is 13.1. The summed E-state index contributed by atoms with van der Waals surface area (Å²) in [7, 11) is 0. The third-order valence-corrected chi connectivity index (χ3v) is 4.74. The Labute approximate surface area is 155 Å². The maximum atomic E-state index is 12.7. The lowest BCUT2D eigenvalue weighted by atomic mass is 10.1. The van der Waals surface area contributed by atoms with E-state index >= 15 is 0 Å². The van der Waals surface area contributed by atoms with E-state index in [0.29, 0.717) is 17.1 Å². The molecule has 0 saturated heterocycles. The summed E-state index contributed by atoms with van der Waals surface area (Å²) >= 11 is 0. The molecule has 1 unspecified atom stereocenters. The second-order valence-corrected chi connectivity index (χ2v) is 6.51. The number of nitrogens with one attached hydrogen (secondary N) is 1. The number of pyridine rings is 1. The third-order valence-electron chi connectivity index (χ3n) is 4.74. The number of alkyl halides is 2. The Morgan fingerprint density at radius 1 is 1.07 bits per heavy atom. The minimum Gasteiger partial charge on any atom is -0.382 e. The summed E-state index contributed by atoms with van der Waals surface area (Å²) in [5.41, 5.74) is 3.70. The quantitative estimate of drug-likeness (QED) is 0.714. The molecule has 2 heterocycles. The lowest BCUT2D eigenvalue weighted by Gasteiger charge is -2.15. The maximum absolute atomic E-state index is 12.7. The lowest BCUT2D eigenvalue weighted by molar-refractivity contribution is -0.00593. The molecule has 7 heteroatoms. The van der Waals surface area contributed by atoms with Crippen molar-refractivity contribution in [2.24, 2.45) is 0 Å². The second kappa shape index (κ2) is 7.36. The predicted molar refractivity (Wildman–Crippen MR) is 97.4 cm³/mol. The number of aliphatic hydroxyl groups excluding tert-OH is 1. The van der Waals surface area contributed by atoms with Crippen molar-refractivity contribution in [1.29, 1.82) is 0 Å². The van der Waals surface area contributed by atoms with Crippen LogP contribution < -0.4 is 5.32 Å². The zero-order valence-corrected chi connectivity index (χ0v) is 14.4. The van der Waals surface area contributed by atoms with Crippen molar-refractivity contribution in [2.75, 3.05) is 5.32 Å². The Morgan fingerprint density at radius 2 is 1.93 bits per heavy atom. The van der Waals surface area contributed by atoms with E-state index in [4.69, 9.17) is 0 Å². The smallest absolute Gasteiger partial charge is 0.268 e. The van der Waals surface area contributed by atoms with Gasteiger partial charge in [-0.15, -0.1) is 0 Å². The first-order valence-electron chi connectivity index (χ1n) is 8.70. The summed E-state index contributed by atoms with van der Waals surface area (Å²) in [6.45, 7) is 0. The summed E-state index contributed by atoms with van der Waals surface area (Å²) in [5, 5.41) is 12.9. The van der Waals surface area contributed by atoms with E-state index in [1.165, 1.54) is 29.6 Å². The number of rotatable bonds is 5.